The van der Waals surface area contributed by atoms with Gasteiger partial charge in [-0.1, -0.05) is 36.4 Å². The summed E-state index contributed by atoms with van der Waals surface area (Å²) in [4.78, 5) is 13.1. The van der Waals surface area contributed by atoms with Gasteiger partial charge in [0.1, 0.15) is 24.7 Å². The van der Waals surface area contributed by atoms with Gasteiger partial charge in [-0.15, -0.1) is 0 Å². The number of carboxylic acid groups (broad SMARTS) is 1. The molecule has 2 aromatic rings. The highest BCUT2D eigenvalue weighted by atomic mass is 32.2. The Bertz CT molecular complexity index is 2360. The van der Waals surface area contributed by atoms with Crippen LogP contribution in [0.15, 0.2) is 93.9 Å². The van der Waals surface area contributed by atoms with E-state index in [9.17, 15) is 35.8 Å². The molecule has 1 aliphatic carbocycles. The van der Waals surface area contributed by atoms with E-state index in [4.69, 9.17) is 13.9 Å². The molecule has 0 saturated carbocycles. The zero-order chi connectivity index (χ0) is 40.7. The van der Waals surface area contributed by atoms with E-state index in [1.54, 1.807) is 26.4 Å². The fourth-order valence-corrected chi connectivity index (χ4v) is 8.35. The number of nitrogens with zero attached hydrogens (tertiary/aromatic N) is 2. The monoisotopic (exact) mass is 809 g/mol. The summed E-state index contributed by atoms with van der Waals surface area (Å²) in [5, 5.41) is 10.4. The fraction of sp³-hybridized carbons (Fsp3) is 0.366. The Balaban J connectivity index is 1.69. The van der Waals surface area contributed by atoms with Crippen LogP contribution in [0.3, 0.4) is 0 Å². The third kappa shape index (κ3) is 10.0. The Morgan fingerprint density at radius 1 is 0.946 bits per heavy atom. The average Bonchev–Trinajstić information content (AvgIpc) is 3.37. The van der Waals surface area contributed by atoms with Crippen LogP contribution in [0.2, 0.25) is 0 Å². The standard InChI is InChI=1S/C41H48N2O11S2/c1-29-36(54-37-27-31(42(22-24-52-3)23-25-53-4)16-18-33(37)40(29)30-11-6-5-7-12-30)13-8-14-38-41(2,20-9-15-39(44)45)34-28-32(56(49,50)51)17-19-35(34)43(38)21-10-26-55(46,47)48/h5-8,11-14,16-19,27-28H,9-10,15,20-26H2,1-4H3,(H2-,44,45,46,47,48,49,50,51)/p+1. The van der Waals surface area contributed by atoms with Gasteiger partial charge in [-0.2, -0.15) is 16.8 Å². The predicted molar refractivity (Wildman–Crippen MR) is 215 cm³/mol. The number of methoxy groups -OCH3 is 2. The van der Waals surface area contributed by atoms with Gasteiger partial charge < -0.3 is 23.9 Å². The molecule has 3 aliphatic rings. The molecule has 13 nitrogen and oxygen atoms in total. The van der Waals surface area contributed by atoms with Crippen LogP contribution in [-0.4, -0.2) is 89.8 Å². The van der Waals surface area contributed by atoms with Crippen molar-refractivity contribution in [2.75, 3.05) is 57.7 Å². The van der Waals surface area contributed by atoms with Gasteiger partial charge in [0.05, 0.1) is 16.7 Å². The number of anilines is 1. The first-order valence-corrected chi connectivity index (χ1v) is 21.3. The SMILES string of the molecule is COCC[N+](CCOC)=c1ccc2c(-c3ccccc3)c(C)c(C=CC=C3N(CCCS(=O)(=O)O)c4ccc(S(=O)(=O)O)cc4C3(C)CCCC(=O)O)oc-2c1. The molecule has 0 fully saturated rings. The van der Waals surface area contributed by atoms with Crippen LogP contribution in [0.4, 0.5) is 5.69 Å². The number of benzene rings is 3. The van der Waals surface area contributed by atoms with Crippen molar-refractivity contribution in [2.24, 2.45) is 0 Å². The molecule has 0 saturated heterocycles. The maximum absolute atomic E-state index is 12.2. The maximum atomic E-state index is 12.2. The molecule has 5 rings (SSSR count). The Kier molecular flexibility index (Phi) is 13.7. The lowest BCUT2D eigenvalue weighted by atomic mass is 9.77. The second kappa shape index (κ2) is 18.1. The van der Waals surface area contributed by atoms with Crippen LogP contribution in [0.25, 0.3) is 28.5 Å². The Morgan fingerprint density at radius 3 is 2.27 bits per heavy atom. The number of hydrogen-bond acceptors (Lipinski definition) is 9. The molecule has 56 heavy (non-hydrogen) atoms. The minimum absolute atomic E-state index is 0.0399. The third-order valence-corrected chi connectivity index (χ3v) is 11.8. The third-order valence-electron chi connectivity index (χ3n) is 10.1. The average molecular weight is 810 g/mol. The van der Waals surface area contributed by atoms with E-state index in [0.717, 1.165) is 27.6 Å². The molecule has 2 aromatic carbocycles. The summed E-state index contributed by atoms with van der Waals surface area (Å²) in [5.41, 5.74) is 4.58. The molecule has 1 atom stereocenters. The van der Waals surface area contributed by atoms with Crippen LogP contribution < -0.4 is 14.8 Å². The molecule has 2 heterocycles. The van der Waals surface area contributed by atoms with Crippen LogP contribution in [0.5, 0.6) is 0 Å². The van der Waals surface area contributed by atoms with Crippen molar-refractivity contribution in [3.63, 3.8) is 0 Å². The number of ether oxygens (including phenoxy) is 2. The zero-order valence-corrected chi connectivity index (χ0v) is 33.6. The molecule has 0 amide bonds. The summed E-state index contributed by atoms with van der Waals surface area (Å²) in [7, 11) is -5.55. The number of aliphatic carboxylic acids is 1. The number of carbonyl (C=O) groups is 1. The predicted octanol–water partition coefficient (Wildman–Crippen LogP) is 5.88. The highest BCUT2D eigenvalue weighted by molar-refractivity contribution is 7.86. The van der Waals surface area contributed by atoms with Gasteiger partial charge in [0.15, 0.2) is 13.1 Å². The normalized spacial score (nSPS) is 16.6. The van der Waals surface area contributed by atoms with E-state index in [2.05, 4.69) is 16.7 Å². The van der Waals surface area contributed by atoms with Crippen molar-refractivity contribution in [1.82, 2.24) is 4.58 Å². The summed E-state index contributed by atoms with van der Waals surface area (Å²) in [6.45, 7) is 6.31. The Hall–Kier alpha value is -4.64. The molecule has 15 heteroatoms. The molecule has 0 aromatic heterocycles. The van der Waals surface area contributed by atoms with Crippen molar-refractivity contribution in [2.45, 2.75) is 49.8 Å². The lowest BCUT2D eigenvalue weighted by Crippen LogP contribution is -2.35. The Labute approximate surface area is 328 Å². The van der Waals surface area contributed by atoms with Crippen molar-refractivity contribution >= 4 is 38.0 Å². The highest BCUT2D eigenvalue weighted by Gasteiger charge is 2.43. The number of fused-ring (bicyclic) bond motifs is 2. The first kappa shape index (κ1) is 42.5. The van der Waals surface area contributed by atoms with Crippen molar-refractivity contribution < 1.29 is 49.7 Å². The molecular formula is C41H49N2O11S2+. The number of allylic oxidation sites excluding steroid dienone is 3. The first-order valence-electron chi connectivity index (χ1n) is 18.2. The quantitative estimate of drug-likeness (QED) is 0.0803. The number of rotatable bonds is 18. The largest absolute Gasteiger partial charge is 0.481 e. The smallest absolute Gasteiger partial charge is 0.303 e. The highest BCUT2D eigenvalue weighted by Crippen LogP contribution is 2.51. The van der Waals surface area contributed by atoms with Gasteiger partial charge in [0, 0.05) is 61.2 Å². The molecule has 1 unspecified atom stereocenters. The summed E-state index contributed by atoms with van der Waals surface area (Å²) < 4.78 is 86.8. The summed E-state index contributed by atoms with van der Waals surface area (Å²) in [6.07, 6.45) is 5.90. The molecular weight excluding hydrogens is 761 g/mol. The molecule has 2 aliphatic heterocycles. The first-order chi connectivity index (χ1) is 26.6. The second-order valence-corrected chi connectivity index (χ2v) is 16.9. The summed E-state index contributed by atoms with van der Waals surface area (Å²) >= 11 is 0. The fourth-order valence-electron chi connectivity index (χ4n) is 7.35. The summed E-state index contributed by atoms with van der Waals surface area (Å²) in [5.74, 6) is -0.273. The van der Waals surface area contributed by atoms with E-state index in [0.29, 0.717) is 61.2 Å². The van der Waals surface area contributed by atoms with E-state index in [1.807, 2.05) is 67.3 Å². The molecule has 0 spiro atoms. The van der Waals surface area contributed by atoms with E-state index < -0.39 is 37.4 Å². The van der Waals surface area contributed by atoms with Crippen LogP contribution >= 0.6 is 0 Å². The van der Waals surface area contributed by atoms with Crippen LogP contribution in [0.1, 0.15) is 49.5 Å². The number of carboxylic acids is 1. The van der Waals surface area contributed by atoms with Gasteiger partial charge in [-0.25, -0.2) is 4.58 Å². The lowest BCUT2D eigenvalue weighted by molar-refractivity contribution is -0.137. The van der Waals surface area contributed by atoms with Crippen molar-refractivity contribution in [3.8, 4) is 22.5 Å². The molecule has 0 bridgehead atoms. The van der Waals surface area contributed by atoms with E-state index >= 15 is 0 Å². The minimum Gasteiger partial charge on any atom is -0.481 e. The van der Waals surface area contributed by atoms with Crippen molar-refractivity contribution in [3.05, 3.63) is 107 Å². The van der Waals surface area contributed by atoms with Gasteiger partial charge in [0.2, 0.25) is 5.36 Å². The molecule has 300 valence electrons. The minimum atomic E-state index is -4.59. The molecule has 3 N–H and O–H groups in total. The second-order valence-electron chi connectivity index (χ2n) is 13.9. The molecule has 0 radical (unpaired) electrons. The lowest BCUT2D eigenvalue weighted by Gasteiger charge is -2.30. The maximum Gasteiger partial charge on any atom is 0.303 e. The van der Waals surface area contributed by atoms with E-state index in [-0.39, 0.29) is 30.7 Å². The van der Waals surface area contributed by atoms with Gasteiger partial charge in [-0.3, -0.25) is 13.9 Å². The van der Waals surface area contributed by atoms with E-state index in [1.165, 1.54) is 12.1 Å². The van der Waals surface area contributed by atoms with Gasteiger partial charge in [-0.05, 0) is 86.2 Å². The summed E-state index contributed by atoms with van der Waals surface area (Å²) in [6, 6.07) is 20.3. The zero-order valence-electron chi connectivity index (χ0n) is 32.0. The number of hydrogen-bond donors (Lipinski definition) is 3. The Morgan fingerprint density at radius 2 is 1.64 bits per heavy atom. The topological polar surface area (TPSA) is 184 Å². The van der Waals surface area contributed by atoms with Gasteiger partial charge >= 0.3 is 5.97 Å². The van der Waals surface area contributed by atoms with Gasteiger partial charge in [0.25, 0.3) is 20.2 Å². The van der Waals surface area contributed by atoms with Crippen LogP contribution in [-0.2, 0) is 39.9 Å². The van der Waals surface area contributed by atoms with Crippen molar-refractivity contribution in [1.29, 1.82) is 0 Å². The van der Waals surface area contributed by atoms with Crippen LogP contribution in [0, 0.1) is 6.92 Å².